The summed E-state index contributed by atoms with van der Waals surface area (Å²) < 4.78 is 54.4. The Morgan fingerprint density at radius 1 is 1.03 bits per heavy atom. The van der Waals surface area contributed by atoms with Gasteiger partial charge in [-0.1, -0.05) is 19.1 Å². The Morgan fingerprint density at radius 3 is 2.35 bits per heavy atom. The molecule has 0 heterocycles. The number of hydrogen-bond donors (Lipinski definition) is 3. The van der Waals surface area contributed by atoms with Crippen molar-refractivity contribution in [1.82, 2.24) is 4.72 Å². The molecule has 0 unspecified atom stereocenters. The van der Waals surface area contributed by atoms with Crippen molar-refractivity contribution in [3.05, 3.63) is 53.1 Å². The van der Waals surface area contributed by atoms with Crippen LogP contribution in [0.15, 0.2) is 41.3 Å². The number of amides is 1. The molecule has 10 heteroatoms. The molecule has 0 spiro atoms. The molecule has 3 rings (SSSR count). The van der Waals surface area contributed by atoms with Gasteiger partial charge in [-0.2, -0.15) is 0 Å². The molecule has 1 aliphatic rings. The number of hydrogen-bond acceptors (Lipinski definition) is 5. The summed E-state index contributed by atoms with van der Waals surface area (Å²) in [6.45, 7) is 5.20. The molecule has 1 fully saturated rings. The lowest BCUT2D eigenvalue weighted by atomic mass is 10.1. The van der Waals surface area contributed by atoms with Crippen LogP contribution in [0.5, 0.6) is 0 Å². The van der Waals surface area contributed by atoms with Crippen LogP contribution in [-0.4, -0.2) is 34.5 Å². The SMILES string of the molecule is CCCS(=O)(=O)Nc1cccc(NC(=O)c2cc(S(=O)(=O)NC3CC3)ccc2C)c1C. The molecule has 0 atom stereocenters. The third-order valence-electron chi connectivity index (χ3n) is 4.98. The van der Waals surface area contributed by atoms with Crippen molar-refractivity contribution in [2.24, 2.45) is 0 Å². The van der Waals surface area contributed by atoms with Gasteiger partial charge in [0.2, 0.25) is 20.0 Å². The average molecular weight is 466 g/mol. The molecule has 1 aliphatic carbocycles. The first-order valence-corrected chi connectivity index (χ1v) is 13.2. The Labute approximate surface area is 183 Å². The van der Waals surface area contributed by atoms with Crippen LogP contribution >= 0.6 is 0 Å². The molecule has 2 aromatic carbocycles. The second kappa shape index (κ2) is 8.97. The lowest BCUT2D eigenvalue weighted by molar-refractivity contribution is 0.102. The van der Waals surface area contributed by atoms with E-state index < -0.39 is 26.0 Å². The number of nitrogens with one attached hydrogen (secondary N) is 3. The molecule has 0 saturated heterocycles. The van der Waals surface area contributed by atoms with Crippen molar-refractivity contribution >= 4 is 37.3 Å². The molecule has 168 valence electrons. The summed E-state index contributed by atoms with van der Waals surface area (Å²) in [6, 6.07) is 9.32. The minimum Gasteiger partial charge on any atom is -0.322 e. The molecule has 0 aromatic heterocycles. The fourth-order valence-corrected chi connectivity index (χ4v) is 5.59. The van der Waals surface area contributed by atoms with Crippen LogP contribution in [0.3, 0.4) is 0 Å². The largest absolute Gasteiger partial charge is 0.322 e. The van der Waals surface area contributed by atoms with Gasteiger partial charge in [0, 0.05) is 17.3 Å². The normalized spacial score (nSPS) is 14.3. The molecular formula is C21H27N3O5S2. The first kappa shape index (κ1) is 23.2. The predicted molar refractivity (Wildman–Crippen MR) is 121 cm³/mol. The molecule has 0 radical (unpaired) electrons. The van der Waals surface area contributed by atoms with Gasteiger partial charge in [-0.25, -0.2) is 21.6 Å². The molecule has 31 heavy (non-hydrogen) atoms. The van der Waals surface area contributed by atoms with E-state index >= 15 is 0 Å². The summed E-state index contributed by atoms with van der Waals surface area (Å²) >= 11 is 0. The number of carbonyl (C=O) groups is 1. The van der Waals surface area contributed by atoms with Crippen LogP contribution in [0.25, 0.3) is 0 Å². The smallest absolute Gasteiger partial charge is 0.255 e. The number of aryl methyl sites for hydroxylation is 1. The summed E-state index contributed by atoms with van der Waals surface area (Å²) in [5.41, 5.74) is 2.24. The van der Waals surface area contributed by atoms with Crippen molar-refractivity contribution in [3.8, 4) is 0 Å². The van der Waals surface area contributed by atoms with Gasteiger partial charge in [-0.15, -0.1) is 0 Å². The average Bonchev–Trinajstić information content (AvgIpc) is 3.48. The third kappa shape index (κ3) is 5.84. The first-order chi connectivity index (χ1) is 14.5. The number of sulfonamides is 2. The lowest BCUT2D eigenvalue weighted by Crippen LogP contribution is -2.26. The number of anilines is 2. The molecule has 2 aromatic rings. The van der Waals surface area contributed by atoms with Crippen LogP contribution in [0.1, 0.15) is 47.7 Å². The topological polar surface area (TPSA) is 121 Å². The van der Waals surface area contributed by atoms with Gasteiger partial charge < -0.3 is 5.32 Å². The highest BCUT2D eigenvalue weighted by Crippen LogP contribution is 2.26. The second-order valence-electron chi connectivity index (χ2n) is 7.73. The Bertz CT molecular complexity index is 1200. The summed E-state index contributed by atoms with van der Waals surface area (Å²) in [4.78, 5) is 13.0. The van der Waals surface area contributed by atoms with Gasteiger partial charge >= 0.3 is 0 Å². The third-order valence-corrected chi connectivity index (χ3v) is 7.98. The van der Waals surface area contributed by atoms with Crippen LogP contribution in [0.4, 0.5) is 11.4 Å². The monoisotopic (exact) mass is 465 g/mol. The Balaban J connectivity index is 1.85. The molecule has 8 nitrogen and oxygen atoms in total. The molecule has 0 aliphatic heterocycles. The van der Waals surface area contributed by atoms with Crippen molar-refractivity contribution in [2.75, 3.05) is 15.8 Å². The fourth-order valence-electron chi connectivity index (χ4n) is 3.06. The van der Waals surface area contributed by atoms with E-state index in [4.69, 9.17) is 0 Å². The second-order valence-corrected chi connectivity index (χ2v) is 11.3. The maximum Gasteiger partial charge on any atom is 0.255 e. The van der Waals surface area contributed by atoms with Gasteiger partial charge in [0.05, 0.1) is 16.3 Å². The quantitative estimate of drug-likeness (QED) is 0.525. The van der Waals surface area contributed by atoms with E-state index in [2.05, 4.69) is 14.8 Å². The van der Waals surface area contributed by atoms with E-state index in [1.807, 2.05) is 0 Å². The lowest BCUT2D eigenvalue weighted by Gasteiger charge is -2.15. The summed E-state index contributed by atoms with van der Waals surface area (Å²) in [6.07, 6.45) is 2.12. The van der Waals surface area contributed by atoms with Gasteiger partial charge in [0.25, 0.3) is 5.91 Å². The van der Waals surface area contributed by atoms with Crippen molar-refractivity contribution in [1.29, 1.82) is 0 Å². The highest BCUT2D eigenvalue weighted by Gasteiger charge is 2.28. The van der Waals surface area contributed by atoms with E-state index in [0.717, 1.165) is 12.8 Å². The first-order valence-electron chi connectivity index (χ1n) is 10.1. The highest BCUT2D eigenvalue weighted by molar-refractivity contribution is 7.92. The number of benzene rings is 2. The van der Waals surface area contributed by atoms with Crippen LogP contribution in [0.2, 0.25) is 0 Å². The Hall–Kier alpha value is -2.43. The van der Waals surface area contributed by atoms with E-state index in [0.29, 0.717) is 28.9 Å². The number of carbonyl (C=O) groups excluding carboxylic acids is 1. The van der Waals surface area contributed by atoms with Crippen LogP contribution in [0, 0.1) is 13.8 Å². The molecule has 1 amide bonds. The fraction of sp³-hybridized carbons (Fsp3) is 0.381. The highest BCUT2D eigenvalue weighted by atomic mass is 32.2. The van der Waals surface area contributed by atoms with E-state index in [1.165, 1.54) is 12.1 Å². The van der Waals surface area contributed by atoms with Gasteiger partial charge in [-0.3, -0.25) is 9.52 Å². The van der Waals surface area contributed by atoms with E-state index in [9.17, 15) is 21.6 Å². The van der Waals surface area contributed by atoms with Crippen molar-refractivity contribution in [2.45, 2.75) is 51.0 Å². The molecule has 1 saturated carbocycles. The summed E-state index contributed by atoms with van der Waals surface area (Å²) in [5, 5.41) is 2.77. The van der Waals surface area contributed by atoms with Crippen LogP contribution in [-0.2, 0) is 20.0 Å². The number of rotatable bonds is 9. The van der Waals surface area contributed by atoms with Crippen molar-refractivity contribution in [3.63, 3.8) is 0 Å². The van der Waals surface area contributed by atoms with Gasteiger partial charge in [0.1, 0.15) is 0 Å². The zero-order valence-corrected chi connectivity index (χ0v) is 19.4. The van der Waals surface area contributed by atoms with E-state index in [1.54, 1.807) is 45.0 Å². The maximum absolute atomic E-state index is 12.9. The Kier molecular flexibility index (Phi) is 6.73. The molecular weight excluding hydrogens is 438 g/mol. The molecule has 0 bridgehead atoms. The zero-order valence-electron chi connectivity index (χ0n) is 17.7. The summed E-state index contributed by atoms with van der Waals surface area (Å²) in [5.74, 6) is -0.476. The van der Waals surface area contributed by atoms with E-state index in [-0.39, 0.29) is 22.3 Å². The minimum absolute atomic E-state index is 0.00161. The molecule has 3 N–H and O–H groups in total. The van der Waals surface area contributed by atoms with Crippen LogP contribution < -0.4 is 14.8 Å². The van der Waals surface area contributed by atoms with Crippen molar-refractivity contribution < 1.29 is 21.6 Å². The standard InChI is InChI=1S/C21H27N3O5S2/c1-4-12-30(26,27)24-20-7-5-6-19(15(20)3)22-21(25)18-13-17(11-8-14(18)2)31(28,29)23-16-9-10-16/h5-8,11,13,16,23-24H,4,9-10,12H2,1-3H3,(H,22,25). The zero-order chi connectivity index (χ0) is 22.8. The predicted octanol–water partition coefficient (Wildman–Crippen LogP) is 3.15. The Morgan fingerprint density at radius 2 is 1.71 bits per heavy atom. The minimum atomic E-state index is -3.69. The van der Waals surface area contributed by atoms with Gasteiger partial charge in [0.15, 0.2) is 0 Å². The maximum atomic E-state index is 12.9. The summed E-state index contributed by atoms with van der Waals surface area (Å²) in [7, 11) is -7.16. The van der Waals surface area contributed by atoms with Gasteiger partial charge in [-0.05, 0) is 68.5 Å².